The first kappa shape index (κ1) is 29.0. The number of hydrogen-bond acceptors (Lipinski definition) is 6. The van der Waals surface area contributed by atoms with E-state index in [-0.39, 0.29) is 48.4 Å². The highest BCUT2D eigenvalue weighted by atomic mass is 35.5. The van der Waals surface area contributed by atoms with Gasteiger partial charge >= 0.3 is 12.4 Å². The first-order valence-corrected chi connectivity index (χ1v) is 11.8. The molecule has 3 heterocycles. The van der Waals surface area contributed by atoms with Gasteiger partial charge in [0.2, 0.25) is 5.28 Å². The predicted octanol–water partition coefficient (Wildman–Crippen LogP) is 5.98. The molecule has 7 nitrogen and oxygen atoms in total. The van der Waals surface area contributed by atoms with Gasteiger partial charge in [0.1, 0.15) is 11.5 Å². The van der Waals surface area contributed by atoms with Gasteiger partial charge in [-0.25, -0.2) is 9.97 Å². The molecule has 3 N–H and O–H groups in total. The van der Waals surface area contributed by atoms with Crippen LogP contribution in [0.1, 0.15) is 52.3 Å². The van der Waals surface area contributed by atoms with E-state index >= 15 is 0 Å². The molecule has 1 aromatic carbocycles. The predicted molar refractivity (Wildman–Crippen MR) is 129 cm³/mol. The molecule has 1 aliphatic heterocycles. The van der Waals surface area contributed by atoms with E-state index in [1.54, 1.807) is 0 Å². The van der Waals surface area contributed by atoms with Gasteiger partial charge in [-0.05, 0) is 47.5 Å². The van der Waals surface area contributed by atoms with E-state index < -0.39 is 35.1 Å². The van der Waals surface area contributed by atoms with E-state index in [0.29, 0.717) is 11.3 Å². The number of aromatic nitrogens is 3. The number of pyridine rings is 1. The monoisotopic (exact) mass is 560 g/mol. The van der Waals surface area contributed by atoms with E-state index in [1.807, 2.05) is 13.8 Å². The minimum Gasteiger partial charge on any atom is -0.399 e. The van der Waals surface area contributed by atoms with Gasteiger partial charge in [0.05, 0.1) is 23.4 Å². The maximum Gasteiger partial charge on any atom is 0.418 e. The third kappa shape index (κ3) is 6.63. The molecule has 0 saturated carbocycles. The van der Waals surface area contributed by atoms with Gasteiger partial charge in [0.15, 0.2) is 0 Å². The number of anilines is 2. The molecule has 14 heteroatoms. The van der Waals surface area contributed by atoms with E-state index in [4.69, 9.17) is 17.3 Å². The smallest absolute Gasteiger partial charge is 0.399 e. The molecule has 0 fully saturated rings. The van der Waals surface area contributed by atoms with Gasteiger partial charge in [-0.1, -0.05) is 13.8 Å². The Labute approximate surface area is 219 Å². The summed E-state index contributed by atoms with van der Waals surface area (Å²) in [5, 5.41) is 2.74. The number of fused-ring (bicyclic) bond motifs is 1. The minimum absolute atomic E-state index is 0.0522. The number of nitrogens with two attached hydrogens (primary N) is 1. The summed E-state index contributed by atoms with van der Waals surface area (Å²) in [5.41, 5.74) is 3.74. The zero-order valence-electron chi connectivity index (χ0n) is 20.2. The Bertz CT molecular complexity index is 1310. The molecule has 2 aromatic heterocycles. The molecule has 0 spiro atoms. The van der Waals surface area contributed by atoms with Crippen molar-refractivity contribution in [2.75, 3.05) is 17.6 Å². The summed E-state index contributed by atoms with van der Waals surface area (Å²) in [5.74, 6) is -0.796. The molecule has 204 valence electrons. The first-order chi connectivity index (χ1) is 17.8. The second kappa shape index (κ2) is 11.4. The second-order valence-electron chi connectivity index (χ2n) is 7.96. The Morgan fingerprint density at radius 3 is 2.47 bits per heavy atom. The number of hydrogen-bond donors (Lipinski definition) is 2. The number of nitrogens with zero attached hydrogens (tertiary/aromatic N) is 4. The van der Waals surface area contributed by atoms with Crippen molar-refractivity contribution in [2.45, 2.75) is 45.7 Å². The molecule has 3 aromatic rings. The van der Waals surface area contributed by atoms with Crippen LogP contribution in [0.4, 0.5) is 37.8 Å². The molecule has 0 radical (unpaired) electrons. The van der Waals surface area contributed by atoms with Crippen LogP contribution in [-0.2, 0) is 31.9 Å². The largest absolute Gasteiger partial charge is 0.418 e. The van der Waals surface area contributed by atoms with E-state index in [0.717, 1.165) is 30.5 Å². The average molecular weight is 561 g/mol. The summed E-state index contributed by atoms with van der Waals surface area (Å²) in [6.07, 6.45) is -8.11. The van der Waals surface area contributed by atoms with Crippen LogP contribution >= 0.6 is 11.6 Å². The van der Waals surface area contributed by atoms with Crippen molar-refractivity contribution in [3.05, 3.63) is 75.5 Å². The molecule has 1 aliphatic rings. The van der Waals surface area contributed by atoms with Crippen molar-refractivity contribution in [2.24, 2.45) is 0 Å². The maximum absolute atomic E-state index is 13.4. The lowest BCUT2D eigenvalue weighted by molar-refractivity contribution is -0.138. The quantitative estimate of drug-likeness (QED) is 0.231. The van der Waals surface area contributed by atoms with Gasteiger partial charge in [-0.3, -0.25) is 9.78 Å². The molecular formula is C24H23ClF6N6O. The maximum atomic E-state index is 13.4. The summed E-state index contributed by atoms with van der Waals surface area (Å²) < 4.78 is 79.5. The fourth-order valence-corrected chi connectivity index (χ4v) is 4.01. The summed E-state index contributed by atoms with van der Waals surface area (Å²) >= 11 is 5.99. The zero-order valence-corrected chi connectivity index (χ0v) is 21.0. The summed E-state index contributed by atoms with van der Waals surface area (Å²) in [7, 11) is 0. The summed E-state index contributed by atoms with van der Waals surface area (Å²) in [6.45, 7) is 3.77. The zero-order chi connectivity index (χ0) is 28.3. The van der Waals surface area contributed by atoms with E-state index in [9.17, 15) is 31.1 Å². The molecular weight excluding hydrogens is 538 g/mol. The van der Waals surface area contributed by atoms with Crippen LogP contribution in [0.5, 0.6) is 0 Å². The van der Waals surface area contributed by atoms with Crippen LogP contribution in [0, 0.1) is 0 Å². The SMILES string of the molecule is CC.Nc1cc(CNc2nc(Cl)nc3c2CN(C(=O)c2ncccc2C(F)(F)F)CC3)cc(C(F)(F)F)c1. The van der Waals surface area contributed by atoms with Crippen LogP contribution in [0.25, 0.3) is 0 Å². The summed E-state index contributed by atoms with van der Waals surface area (Å²) in [4.78, 5) is 26.0. The molecule has 38 heavy (non-hydrogen) atoms. The average Bonchev–Trinajstić information content (AvgIpc) is 2.86. The van der Waals surface area contributed by atoms with Crippen LogP contribution < -0.4 is 11.1 Å². The number of benzene rings is 1. The number of nitrogens with one attached hydrogen (secondary N) is 1. The number of nitrogen functional groups attached to an aromatic ring is 1. The Kier molecular flexibility index (Phi) is 8.70. The lowest BCUT2D eigenvalue weighted by Crippen LogP contribution is -2.38. The lowest BCUT2D eigenvalue weighted by atomic mass is 10.0. The number of halogens is 7. The van der Waals surface area contributed by atoms with E-state index in [2.05, 4.69) is 20.3 Å². The van der Waals surface area contributed by atoms with Crippen molar-refractivity contribution in [1.82, 2.24) is 19.9 Å². The normalized spacial score (nSPS) is 13.3. The third-order valence-corrected chi connectivity index (χ3v) is 5.61. The van der Waals surface area contributed by atoms with Gasteiger partial charge in [-0.2, -0.15) is 26.3 Å². The number of carbonyl (C=O) groups is 1. The molecule has 0 unspecified atom stereocenters. The van der Waals surface area contributed by atoms with Gasteiger partial charge in [0.25, 0.3) is 5.91 Å². The molecule has 0 aliphatic carbocycles. The number of rotatable bonds is 4. The Balaban J connectivity index is 0.00000195. The molecule has 1 amide bonds. The number of carbonyl (C=O) groups excluding carboxylic acids is 1. The van der Waals surface area contributed by atoms with Gasteiger partial charge in [0, 0.05) is 37.0 Å². The number of amides is 1. The van der Waals surface area contributed by atoms with Crippen LogP contribution in [-0.4, -0.2) is 32.3 Å². The minimum atomic E-state index is -4.77. The molecule has 0 bridgehead atoms. The van der Waals surface area contributed by atoms with Crippen molar-refractivity contribution < 1.29 is 31.1 Å². The van der Waals surface area contributed by atoms with Crippen molar-refractivity contribution >= 4 is 29.0 Å². The van der Waals surface area contributed by atoms with Gasteiger partial charge < -0.3 is 16.0 Å². The fraction of sp³-hybridized carbons (Fsp3) is 0.333. The van der Waals surface area contributed by atoms with Crippen LogP contribution in [0.2, 0.25) is 5.28 Å². The highest BCUT2D eigenvalue weighted by Crippen LogP contribution is 2.34. The standard InChI is InChI=1S/C22H17ClF6N6O.C2H6/c23-20-33-16-3-5-35(19(36)17-15(22(27,28)29)2-1-4-31-17)10-14(16)18(34-20)32-9-11-6-12(21(24,25)26)8-13(30)7-11;1-2/h1-2,4,6-8H,3,5,9-10,30H2,(H,32,33,34);1-2H3. The van der Waals surface area contributed by atoms with Crippen LogP contribution in [0.15, 0.2) is 36.5 Å². The summed E-state index contributed by atoms with van der Waals surface area (Å²) in [6, 6.07) is 4.95. The molecule has 4 rings (SSSR count). The molecule has 0 saturated heterocycles. The number of alkyl halides is 6. The second-order valence-corrected chi connectivity index (χ2v) is 8.29. The van der Waals surface area contributed by atoms with E-state index in [1.165, 1.54) is 11.0 Å². The Morgan fingerprint density at radius 1 is 1.11 bits per heavy atom. The highest BCUT2D eigenvalue weighted by molar-refractivity contribution is 6.28. The highest BCUT2D eigenvalue weighted by Gasteiger charge is 2.38. The van der Waals surface area contributed by atoms with Crippen LogP contribution in [0.3, 0.4) is 0 Å². The topological polar surface area (TPSA) is 97.0 Å². The van der Waals surface area contributed by atoms with Crippen molar-refractivity contribution in [1.29, 1.82) is 0 Å². The lowest BCUT2D eigenvalue weighted by Gasteiger charge is -2.30. The first-order valence-electron chi connectivity index (χ1n) is 11.4. The Morgan fingerprint density at radius 2 is 1.82 bits per heavy atom. The van der Waals surface area contributed by atoms with Crippen molar-refractivity contribution in [3.8, 4) is 0 Å². The third-order valence-electron chi connectivity index (χ3n) is 5.44. The molecule has 0 atom stereocenters. The fourth-order valence-electron chi connectivity index (χ4n) is 3.83. The van der Waals surface area contributed by atoms with Gasteiger partial charge in [-0.15, -0.1) is 0 Å². The Hall–Kier alpha value is -3.61. The van der Waals surface area contributed by atoms with Crippen molar-refractivity contribution in [3.63, 3.8) is 0 Å².